The van der Waals surface area contributed by atoms with Crippen LogP contribution in [0.3, 0.4) is 0 Å². The predicted octanol–water partition coefficient (Wildman–Crippen LogP) is 2.87. The normalized spacial score (nSPS) is 28.5. The molecule has 4 unspecified atom stereocenters. The van der Waals surface area contributed by atoms with Crippen LogP contribution in [0.1, 0.15) is 65.7 Å². The van der Waals surface area contributed by atoms with E-state index in [0.29, 0.717) is 32.3 Å². The van der Waals surface area contributed by atoms with E-state index in [0.717, 1.165) is 6.42 Å². The van der Waals surface area contributed by atoms with Crippen molar-refractivity contribution in [2.45, 2.75) is 89.5 Å². The number of hydrogen-bond donors (Lipinski definition) is 0. The van der Waals surface area contributed by atoms with Gasteiger partial charge in [0, 0.05) is 12.8 Å². The molecular weight excluding hydrogens is 452 g/mol. The molecule has 2 rings (SSSR count). The molecule has 2 aliphatic rings. The average Bonchev–Trinajstić information content (AvgIpc) is 3.40. The first-order valence-electron chi connectivity index (χ1n) is 11.8. The largest absolute Gasteiger partial charge is 0.508 e. The first-order chi connectivity index (χ1) is 16.2. The Morgan fingerprint density at radius 2 is 1.32 bits per heavy atom. The third-order valence-electron chi connectivity index (χ3n) is 5.62. The van der Waals surface area contributed by atoms with E-state index < -0.39 is 23.8 Å². The molecule has 0 aromatic carbocycles. The molecule has 2 fully saturated rings. The van der Waals surface area contributed by atoms with Gasteiger partial charge in [-0.05, 0) is 33.1 Å². The lowest BCUT2D eigenvalue weighted by Gasteiger charge is -2.22. The van der Waals surface area contributed by atoms with E-state index in [9.17, 15) is 14.4 Å². The molecule has 0 N–H and O–H groups in total. The van der Waals surface area contributed by atoms with Crippen molar-refractivity contribution in [2.24, 2.45) is 0 Å². The summed E-state index contributed by atoms with van der Waals surface area (Å²) in [7, 11) is 1.22. The minimum absolute atomic E-state index is 0.0114. The molecule has 11 heteroatoms. The molecule has 2 heterocycles. The third-order valence-corrected chi connectivity index (χ3v) is 5.62. The molecule has 0 radical (unpaired) electrons. The zero-order valence-corrected chi connectivity index (χ0v) is 20.6. The summed E-state index contributed by atoms with van der Waals surface area (Å²) in [4.78, 5) is 34.9. The molecule has 4 atom stereocenters. The highest BCUT2D eigenvalue weighted by Gasteiger charge is 2.38. The van der Waals surface area contributed by atoms with Gasteiger partial charge in [-0.25, -0.2) is 4.79 Å². The van der Waals surface area contributed by atoms with Crippen LogP contribution in [0.2, 0.25) is 0 Å². The van der Waals surface area contributed by atoms with Gasteiger partial charge in [-0.15, -0.1) is 0 Å². The van der Waals surface area contributed by atoms with Crippen LogP contribution >= 0.6 is 0 Å². The molecule has 34 heavy (non-hydrogen) atoms. The number of carbonyl (C=O) groups excluding carboxylic acids is 3. The van der Waals surface area contributed by atoms with Crippen LogP contribution < -0.4 is 0 Å². The molecule has 0 spiro atoms. The van der Waals surface area contributed by atoms with Crippen molar-refractivity contribution in [3.05, 3.63) is 0 Å². The zero-order valence-electron chi connectivity index (χ0n) is 20.6. The molecule has 0 bridgehead atoms. The van der Waals surface area contributed by atoms with Gasteiger partial charge in [-0.2, -0.15) is 0 Å². The van der Waals surface area contributed by atoms with E-state index >= 15 is 0 Å². The lowest BCUT2D eigenvalue weighted by atomic mass is 10.1. The molecule has 0 aliphatic carbocycles. The number of carbonyl (C=O) groups is 3. The van der Waals surface area contributed by atoms with Gasteiger partial charge in [-0.1, -0.05) is 6.92 Å². The van der Waals surface area contributed by atoms with E-state index in [4.69, 9.17) is 33.2 Å². The second kappa shape index (κ2) is 13.8. The quantitative estimate of drug-likeness (QED) is 0.203. The highest BCUT2D eigenvalue weighted by Crippen LogP contribution is 2.30. The highest BCUT2D eigenvalue weighted by atomic mass is 16.8. The lowest BCUT2D eigenvalue weighted by Crippen LogP contribution is -2.29. The maximum absolute atomic E-state index is 12.0. The Kier molecular flexibility index (Phi) is 11.5. The lowest BCUT2D eigenvalue weighted by molar-refractivity contribution is -0.170. The summed E-state index contributed by atoms with van der Waals surface area (Å²) >= 11 is 0. The van der Waals surface area contributed by atoms with Gasteiger partial charge >= 0.3 is 18.1 Å². The van der Waals surface area contributed by atoms with Crippen molar-refractivity contribution in [1.82, 2.24) is 0 Å². The number of unbranched alkanes of at least 4 members (excludes halogenated alkanes) is 1. The van der Waals surface area contributed by atoms with Crippen LogP contribution in [-0.4, -0.2) is 82.0 Å². The van der Waals surface area contributed by atoms with E-state index in [1.807, 2.05) is 13.8 Å². The van der Waals surface area contributed by atoms with Gasteiger partial charge in [0.2, 0.25) is 0 Å². The van der Waals surface area contributed by atoms with Crippen molar-refractivity contribution >= 4 is 18.1 Å². The molecule has 0 amide bonds. The summed E-state index contributed by atoms with van der Waals surface area (Å²) in [6.45, 7) is 6.91. The summed E-state index contributed by atoms with van der Waals surface area (Å²) in [5.74, 6) is -2.34. The van der Waals surface area contributed by atoms with Crippen molar-refractivity contribution < 1.29 is 52.3 Å². The first kappa shape index (κ1) is 28.3. The van der Waals surface area contributed by atoms with Gasteiger partial charge < -0.3 is 37.9 Å². The fraction of sp³-hybridized carbons (Fsp3) is 0.870. The predicted molar refractivity (Wildman–Crippen MR) is 117 cm³/mol. The molecule has 196 valence electrons. The second-order valence-electron chi connectivity index (χ2n) is 8.69. The van der Waals surface area contributed by atoms with Gasteiger partial charge in [-0.3, -0.25) is 9.59 Å². The Balaban J connectivity index is 1.47. The van der Waals surface area contributed by atoms with Crippen LogP contribution in [0, 0.1) is 0 Å². The Morgan fingerprint density at radius 1 is 0.824 bits per heavy atom. The number of ether oxygens (including phenoxy) is 8. The topological polar surface area (TPSA) is 125 Å². The first-order valence-corrected chi connectivity index (χ1v) is 11.8. The smallest absolute Gasteiger partial charge is 0.466 e. The van der Waals surface area contributed by atoms with Crippen molar-refractivity contribution in [1.29, 1.82) is 0 Å². The molecular formula is C23H38O11. The molecule has 2 saturated heterocycles. The molecule has 0 saturated carbocycles. The maximum Gasteiger partial charge on any atom is 0.508 e. The molecule has 11 nitrogen and oxygen atoms in total. The SMILES string of the molecule is CCC1COC(C)(CCC(=O)OCCCCOC(=O)CCC2(C)OCC(COC(=O)OC)O2)O1. The van der Waals surface area contributed by atoms with E-state index in [1.165, 1.54) is 7.11 Å². The number of methoxy groups -OCH3 is 1. The molecule has 0 aromatic rings. The van der Waals surface area contributed by atoms with Gasteiger partial charge in [0.25, 0.3) is 0 Å². The van der Waals surface area contributed by atoms with Crippen LogP contribution in [-0.2, 0) is 47.5 Å². The van der Waals surface area contributed by atoms with E-state index in [2.05, 4.69) is 4.74 Å². The fourth-order valence-corrected chi connectivity index (χ4v) is 3.52. The second-order valence-corrected chi connectivity index (χ2v) is 8.69. The van der Waals surface area contributed by atoms with Crippen molar-refractivity contribution in [3.8, 4) is 0 Å². The van der Waals surface area contributed by atoms with Gasteiger partial charge in [0.05, 0.1) is 52.5 Å². The summed E-state index contributed by atoms with van der Waals surface area (Å²) in [6.07, 6.45) is 2.02. The van der Waals surface area contributed by atoms with Crippen LogP contribution in [0.5, 0.6) is 0 Å². The minimum atomic E-state index is -0.944. The van der Waals surface area contributed by atoms with Crippen molar-refractivity contribution in [2.75, 3.05) is 40.1 Å². The summed E-state index contributed by atoms with van der Waals surface area (Å²) in [5.41, 5.74) is 0. The number of esters is 2. The Morgan fingerprint density at radius 3 is 1.79 bits per heavy atom. The maximum atomic E-state index is 12.0. The van der Waals surface area contributed by atoms with Crippen LogP contribution in [0.15, 0.2) is 0 Å². The Hall–Kier alpha value is -1.95. The molecule has 0 aromatic heterocycles. The van der Waals surface area contributed by atoms with Crippen molar-refractivity contribution in [3.63, 3.8) is 0 Å². The standard InChI is InChI=1S/C23H38O11/c1-5-17-15-31-22(2,33-17)10-8-19(24)28-12-6-7-13-29-20(25)9-11-23(3)32-16-18(34-23)14-30-21(26)27-4/h17-18H,5-16H2,1-4H3. The average molecular weight is 491 g/mol. The monoisotopic (exact) mass is 490 g/mol. The van der Waals surface area contributed by atoms with E-state index in [1.54, 1.807) is 6.92 Å². The number of rotatable bonds is 14. The highest BCUT2D eigenvalue weighted by molar-refractivity contribution is 5.69. The van der Waals surface area contributed by atoms with Crippen LogP contribution in [0.4, 0.5) is 4.79 Å². The fourth-order valence-electron chi connectivity index (χ4n) is 3.52. The summed E-state index contributed by atoms with van der Waals surface area (Å²) in [5, 5.41) is 0. The third kappa shape index (κ3) is 10.1. The Labute approximate surface area is 200 Å². The summed E-state index contributed by atoms with van der Waals surface area (Å²) < 4.78 is 42.4. The van der Waals surface area contributed by atoms with Crippen LogP contribution in [0.25, 0.3) is 0 Å². The minimum Gasteiger partial charge on any atom is -0.466 e. The van der Waals surface area contributed by atoms with E-state index in [-0.39, 0.29) is 57.3 Å². The summed E-state index contributed by atoms with van der Waals surface area (Å²) in [6, 6.07) is 0. The van der Waals surface area contributed by atoms with Gasteiger partial charge in [0.15, 0.2) is 11.6 Å². The Bertz CT molecular complexity index is 669. The molecule has 2 aliphatic heterocycles. The number of hydrogen-bond acceptors (Lipinski definition) is 11. The zero-order chi connectivity index (χ0) is 25.0. The van der Waals surface area contributed by atoms with Gasteiger partial charge in [0.1, 0.15) is 12.7 Å².